The number of aryl methyl sites for hydroxylation is 1. The van der Waals surface area contributed by atoms with Crippen LogP contribution in [0.2, 0.25) is 0 Å². The quantitative estimate of drug-likeness (QED) is 0.778. The van der Waals surface area contributed by atoms with Crippen molar-refractivity contribution in [3.05, 3.63) is 82.4 Å². The molecule has 2 aromatic carbocycles. The Morgan fingerprint density at radius 2 is 1.93 bits per heavy atom. The Morgan fingerprint density at radius 3 is 2.56 bits per heavy atom. The number of Topliss-reactive ketones (excluding diaryl/α,β-unsaturated/α-hetero) is 1. The number of carbonyl (C=O) groups is 1. The summed E-state index contributed by atoms with van der Waals surface area (Å²) in [5.41, 5.74) is 1.83. The number of benzene rings is 2. The van der Waals surface area contributed by atoms with Gasteiger partial charge < -0.3 is 14.7 Å². The molecule has 1 heterocycles. The van der Waals surface area contributed by atoms with Gasteiger partial charge in [-0.25, -0.2) is 8.78 Å². The topological polar surface area (TPSA) is 95.7 Å². The third-order valence-electron chi connectivity index (χ3n) is 3.56. The maximum atomic E-state index is 13.9. The second-order valence-electron chi connectivity index (χ2n) is 5.56. The van der Waals surface area contributed by atoms with Crippen molar-refractivity contribution in [2.24, 2.45) is 5.73 Å². The van der Waals surface area contributed by atoms with Crippen molar-refractivity contribution in [1.29, 1.82) is 0 Å². The Labute approximate surface area is 158 Å². The van der Waals surface area contributed by atoms with Gasteiger partial charge in [-0.2, -0.15) is 8.42 Å². The number of nitrogens with two attached hydrogens (primary N) is 1. The normalized spacial score (nSPS) is 22.0. The summed E-state index contributed by atoms with van der Waals surface area (Å²) in [6.07, 6.45) is -2.62. The van der Waals surface area contributed by atoms with Crippen molar-refractivity contribution >= 4 is 15.9 Å². The third-order valence-corrected chi connectivity index (χ3v) is 4.43. The van der Waals surface area contributed by atoms with Crippen LogP contribution in [0.5, 0.6) is 0 Å². The minimum Gasteiger partial charge on any atom is -0.460 e. The van der Waals surface area contributed by atoms with Crippen molar-refractivity contribution in [2.75, 3.05) is 0 Å². The highest BCUT2D eigenvalue weighted by atomic mass is 32.2. The lowest BCUT2D eigenvalue weighted by atomic mass is 10.0. The SMILES string of the molecule is [2H]C1(c2ccc(C)c(F)c2)OC(N)=C(OS(=O)(=O)C([2H])([2H])c2ccc(F)cc2)C1=O. The highest BCUT2D eigenvalue weighted by Crippen LogP contribution is 2.33. The molecule has 0 aromatic heterocycles. The van der Waals surface area contributed by atoms with Gasteiger partial charge in [-0.15, -0.1) is 0 Å². The molecule has 9 heteroatoms. The monoisotopic (exact) mass is 398 g/mol. The van der Waals surface area contributed by atoms with E-state index in [1.807, 2.05) is 0 Å². The molecule has 0 spiro atoms. The highest BCUT2D eigenvalue weighted by molar-refractivity contribution is 7.86. The Morgan fingerprint density at radius 1 is 1.26 bits per heavy atom. The van der Waals surface area contributed by atoms with E-state index in [-0.39, 0.29) is 11.1 Å². The van der Waals surface area contributed by atoms with Gasteiger partial charge >= 0.3 is 10.1 Å². The van der Waals surface area contributed by atoms with Crippen molar-refractivity contribution in [3.8, 4) is 0 Å². The summed E-state index contributed by atoms with van der Waals surface area (Å²) in [6.45, 7) is 1.46. The molecule has 142 valence electrons. The van der Waals surface area contributed by atoms with Crippen molar-refractivity contribution in [1.82, 2.24) is 0 Å². The van der Waals surface area contributed by atoms with Gasteiger partial charge in [0.25, 0.3) is 0 Å². The zero-order valence-corrected chi connectivity index (χ0v) is 14.6. The van der Waals surface area contributed by atoms with Gasteiger partial charge in [0.15, 0.2) is 6.08 Å². The second-order valence-corrected chi connectivity index (χ2v) is 6.84. The summed E-state index contributed by atoms with van der Waals surface area (Å²) in [4.78, 5) is 12.7. The Bertz CT molecular complexity index is 1170. The molecule has 0 saturated carbocycles. The molecule has 0 amide bonds. The summed E-state index contributed by atoms with van der Waals surface area (Å²) in [5, 5.41) is 0. The molecule has 0 aliphatic carbocycles. The molecule has 0 saturated heterocycles. The fourth-order valence-electron chi connectivity index (χ4n) is 2.21. The molecular formula is C18H15F2NO5S. The molecule has 6 nitrogen and oxygen atoms in total. The number of hydrogen-bond donors (Lipinski definition) is 1. The summed E-state index contributed by atoms with van der Waals surface area (Å²) >= 11 is 0. The summed E-state index contributed by atoms with van der Waals surface area (Å²) < 4.78 is 85.5. The predicted octanol–water partition coefficient (Wildman–Crippen LogP) is 2.59. The molecule has 0 fully saturated rings. The third kappa shape index (κ3) is 4.08. The smallest absolute Gasteiger partial charge is 0.313 e. The van der Waals surface area contributed by atoms with Gasteiger partial charge in [-0.3, -0.25) is 4.79 Å². The van der Waals surface area contributed by atoms with Crippen LogP contribution in [0.1, 0.15) is 26.9 Å². The molecule has 0 bridgehead atoms. The average molecular weight is 398 g/mol. The first kappa shape index (κ1) is 15.2. The van der Waals surface area contributed by atoms with E-state index >= 15 is 0 Å². The molecule has 1 atom stereocenters. The van der Waals surface area contributed by atoms with Crippen LogP contribution in [0.3, 0.4) is 0 Å². The van der Waals surface area contributed by atoms with Gasteiger partial charge in [0.2, 0.25) is 17.4 Å². The van der Waals surface area contributed by atoms with Crippen LogP contribution in [0.4, 0.5) is 8.78 Å². The van der Waals surface area contributed by atoms with Gasteiger partial charge in [-0.1, -0.05) is 24.3 Å². The van der Waals surface area contributed by atoms with Gasteiger partial charge in [-0.05, 0) is 36.2 Å². The lowest BCUT2D eigenvalue weighted by Gasteiger charge is -2.10. The van der Waals surface area contributed by atoms with Crippen molar-refractivity contribution in [3.63, 3.8) is 0 Å². The molecule has 0 radical (unpaired) electrons. The van der Waals surface area contributed by atoms with E-state index in [9.17, 15) is 22.0 Å². The number of rotatable bonds is 5. The van der Waals surface area contributed by atoms with Crippen LogP contribution in [-0.2, 0) is 29.5 Å². The van der Waals surface area contributed by atoms with Gasteiger partial charge in [0, 0.05) is 5.56 Å². The molecule has 3 rings (SSSR count). The standard InChI is InChI=1S/C18H15F2NO5S/c1-10-2-5-12(8-14(10)20)16-15(22)17(18(21)25-16)26-27(23,24)9-11-3-6-13(19)7-4-11/h2-8,16H,9,21H2,1H3/i9D2,16D. The van der Waals surface area contributed by atoms with E-state index in [1.165, 1.54) is 19.1 Å². The lowest BCUT2D eigenvalue weighted by molar-refractivity contribution is -0.123. The molecule has 1 aliphatic rings. The molecule has 1 unspecified atom stereocenters. The Hall–Kier alpha value is -2.94. The van der Waals surface area contributed by atoms with E-state index in [1.54, 1.807) is 0 Å². The molecular weight excluding hydrogens is 380 g/mol. The first-order valence-electron chi connectivity index (χ1n) is 9.00. The highest BCUT2D eigenvalue weighted by Gasteiger charge is 2.39. The number of carbonyl (C=O) groups excluding carboxylic acids is 1. The van der Waals surface area contributed by atoms with E-state index in [0.29, 0.717) is 0 Å². The molecule has 1 aliphatic heterocycles. The average Bonchev–Trinajstić information content (AvgIpc) is 2.88. The van der Waals surface area contributed by atoms with E-state index in [2.05, 4.69) is 4.18 Å². The van der Waals surface area contributed by atoms with Crippen LogP contribution >= 0.6 is 0 Å². The fraction of sp³-hybridized carbons (Fsp3) is 0.167. The summed E-state index contributed by atoms with van der Waals surface area (Å²) in [5.74, 6) is -4.81. The molecule has 27 heavy (non-hydrogen) atoms. The van der Waals surface area contributed by atoms with Crippen LogP contribution in [0.15, 0.2) is 54.1 Å². The molecule has 2 N–H and O–H groups in total. The number of halogens is 2. The largest absolute Gasteiger partial charge is 0.460 e. The molecule has 2 aromatic rings. The summed E-state index contributed by atoms with van der Waals surface area (Å²) in [7, 11) is -5.21. The minimum atomic E-state index is -5.21. The van der Waals surface area contributed by atoms with Crippen LogP contribution in [0.25, 0.3) is 0 Å². The number of hydrogen-bond acceptors (Lipinski definition) is 6. The van der Waals surface area contributed by atoms with E-state index in [4.69, 9.17) is 14.6 Å². The zero-order valence-electron chi connectivity index (χ0n) is 16.8. The first-order valence-corrected chi connectivity index (χ1v) is 8.90. The first-order chi connectivity index (χ1) is 13.8. The zero-order chi connectivity index (χ0) is 22.5. The van der Waals surface area contributed by atoms with E-state index in [0.717, 1.165) is 30.3 Å². The maximum Gasteiger partial charge on any atom is 0.313 e. The fourth-order valence-corrected chi connectivity index (χ4v) is 3.06. The van der Waals surface area contributed by atoms with Gasteiger partial charge in [0.05, 0.1) is 4.11 Å². The summed E-state index contributed by atoms with van der Waals surface area (Å²) in [6, 6.07) is 6.86. The van der Waals surface area contributed by atoms with Crippen LogP contribution < -0.4 is 5.73 Å². The second kappa shape index (κ2) is 6.99. The van der Waals surface area contributed by atoms with Crippen LogP contribution in [0, 0.1) is 18.6 Å². The van der Waals surface area contributed by atoms with Crippen LogP contribution in [-0.4, -0.2) is 14.2 Å². The lowest BCUT2D eigenvalue weighted by Crippen LogP contribution is -2.16. The maximum absolute atomic E-state index is 13.9. The minimum absolute atomic E-state index is 0.236. The van der Waals surface area contributed by atoms with E-state index < -0.39 is 56.5 Å². The Balaban J connectivity index is 1.94. The number of ketones is 1. The Kier molecular flexibility index (Phi) is 3.92. The predicted molar refractivity (Wildman–Crippen MR) is 91.3 cm³/mol. The van der Waals surface area contributed by atoms with Gasteiger partial charge in [0.1, 0.15) is 17.3 Å². The van der Waals surface area contributed by atoms with Crippen molar-refractivity contribution in [2.45, 2.75) is 18.7 Å². The van der Waals surface area contributed by atoms with Crippen molar-refractivity contribution < 1.29 is 35.0 Å². The number of ether oxygens (including phenoxy) is 1.